The summed E-state index contributed by atoms with van der Waals surface area (Å²) in [5, 5.41) is 10.6. The van der Waals surface area contributed by atoms with Gasteiger partial charge in [-0.2, -0.15) is 0 Å². The molecule has 588 valence electrons. The molecular formula is C80H156O17P2. The number of aliphatic hydroxyl groups is 1. The van der Waals surface area contributed by atoms with E-state index in [9.17, 15) is 43.2 Å². The molecule has 0 amide bonds. The van der Waals surface area contributed by atoms with Gasteiger partial charge >= 0.3 is 39.5 Å². The first kappa shape index (κ1) is 97.1. The fourth-order valence-electron chi connectivity index (χ4n) is 12.2. The molecular weight excluding hydrogens is 1290 g/mol. The molecule has 3 N–H and O–H groups in total. The van der Waals surface area contributed by atoms with Crippen molar-refractivity contribution in [3.63, 3.8) is 0 Å². The zero-order valence-electron chi connectivity index (χ0n) is 65.1. The molecule has 99 heavy (non-hydrogen) atoms. The van der Waals surface area contributed by atoms with E-state index in [0.29, 0.717) is 31.6 Å². The lowest BCUT2D eigenvalue weighted by molar-refractivity contribution is -0.161. The molecule has 0 aliphatic carbocycles. The third-order valence-electron chi connectivity index (χ3n) is 18.9. The van der Waals surface area contributed by atoms with Crippen molar-refractivity contribution in [2.75, 3.05) is 39.6 Å². The van der Waals surface area contributed by atoms with Gasteiger partial charge in [-0.05, 0) is 49.4 Å². The monoisotopic (exact) mass is 1450 g/mol. The van der Waals surface area contributed by atoms with Crippen molar-refractivity contribution in [3.05, 3.63) is 0 Å². The Morgan fingerprint density at radius 1 is 0.283 bits per heavy atom. The van der Waals surface area contributed by atoms with Crippen LogP contribution in [-0.2, 0) is 65.4 Å². The summed E-state index contributed by atoms with van der Waals surface area (Å²) in [4.78, 5) is 72.9. The topological polar surface area (TPSA) is 237 Å². The number of aliphatic hydroxyl groups excluding tert-OH is 1. The number of hydrogen-bond donors (Lipinski definition) is 3. The van der Waals surface area contributed by atoms with Crippen LogP contribution in [-0.4, -0.2) is 96.7 Å². The number of ether oxygens (including phenoxy) is 4. The van der Waals surface area contributed by atoms with Crippen LogP contribution in [0.4, 0.5) is 0 Å². The average Bonchev–Trinajstić information content (AvgIpc) is 1.05. The standard InChI is InChI=1S/C80H156O17P2/c1-9-73(8)59-51-43-35-27-23-24-30-38-47-55-63-80(85)96-75(66-90-77(82)60-52-44-36-28-21-17-15-13-11-10-12-14-16-19-25-32-40-48-56-70(2)3)68-94-98(86,87)92-64-74(81)65-93-99(88,89)95-69-76(67-91-78(83)61-53-45-39-31-34-42-50-58-72(6)7)97-79(84)62-54-46-37-29-22-18-20-26-33-41-49-57-71(4)5/h70-76,81H,9-69H2,1-8H3,(H,86,87)(H,88,89)/t73?,74?,75-,76-/m1/s1. The highest BCUT2D eigenvalue weighted by molar-refractivity contribution is 7.47. The van der Waals surface area contributed by atoms with E-state index in [2.05, 4.69) is 55.4 Å². The number of esters is 4. The SMILES string of the molecule is CCC(C)CCCCCCCCCCCCC(=O)O[C@H](COC(=O)CCCCCCCCCCCCCCCCCCCCC(C)C)COP(=O)(O)OCC(O)COP(=O)(O)OC[C@@H](COC(=O)CCCCCCCCCC(C)C)OC(=O)CCCCCCCCCCCCCC(C)C. The van der Waals surface area contributed by atoms with Crippen LogP contribution in [0.3, 0.4) is 0 Å². The van der Waals surface area contributed by atoms with Crippen LogP contribution >= 0.6 is 15.6 Å². The van der Waals surface area contributed by atoms with Gasteiger partial charge in [-0.3, -0.25) is 37.3 Å². The Morgan fingerprint density at radius 3 is 0.717 bits per heavy atom. The summed E-state index contributed by atoms with van der Waals surface area (Å²) in [6.07, 6.45) is 55.6. The van der Waals surface area contributed by atoms with E-state index >= 15 is 0 Å². The summed E-state index contributed by atoms with van der Waals surface area (Å²) in [5.74, 6) is 0.979. The van der Waals surface area contributed by atoms with Gasteiger partial charge in [0.05, 0.1) is 26.4 Å². The van der Waals surface area contributed by atoms with Gasteiger partial charge in [0, 0.05) is 25.7 Å². The van der Waals surface area contributed by atoms with Gasteiger partial charge < -0.3 is 33.8 Å². The highest BCUT2D eigenvalue weighted by Crippen LogP contribution is 2.45. The van der Waals surface area contributed by atoms with Crippen molar-refractivity contribution in [2.45, 2.75) is 427 Å². The quantitative estimate of drug-likeness (QED) is 0.0222. The molecule has 4 unspecified atom stereocenters. The highest BCUT2D eigenvalue weighted by Gasteiger charge is 2.30. The maximum atomic E-state index is 13.1. The number of rotatable bonds is 77. The first-order valence-corrected chi connectivity index (χ1v) is 44.2. The smallest absolute Gasteiger partial charge is 0.462 e. The van der Waals surface area contributed by atoms with Crippen LogP contribution in [0.1, 0.15) is 409 Å². The lowest BCUT2D eigenvalue weighted by Crippen LogP contribution is -2.30. The Bertz CT molecular complexity index is 1940. The number of hydrogen-bond acceptors (Lipinski definition) is 15. The van der Waals surface area contributed by atoms with E-state index in [1.165, 1.54) is 205 Å². The van der Waals surface area contributed by atoms with Crippen LogP contribution in [0.15, 0.2) is 0 Å². The molecule has 0 heterocycles. The number of unbranched alkanes of at least 4 members (excludes halogenated alkanes) is 42. The Labute approximate surface area is 607 Å². The minimum absolute atomic E-state index is 0.105. The molecule has 0 aromatic rings. The van der Waals surface area contributed by atoms with Crippen LogP contribution in [0.25, 0.3) is 0 Å². The zero-order valence-corrected chi connectivity index (χ0v) is 66.9. The normalized spacial score (nSPS) is 14.3. The Morgan fingerprint density at radius 2 is 0.485 bits per heavy atom. The minimum Gasteiger partial charge on any atom is -0.462 e. The highest BCUT2D eigenvalue weighted by atomic mass is 31.2. The number of carbonyl (C=O) groups is 4. The summed E-state index contributed by atoms with van der Waals surface area (Å²) in [6, 6.07) is 0. The van der Waals surface area contributed by atoms with E-state index in [4.69, 9.17) is 37.0 Å². The zero-order chi connectivity index (χ0) is 73.1. The van der Waals surface area contributed by atoms with Gasteiger partial charge in [0.15, 0.2) is 12.2 Å². The minimum atomic E-state index is -4.96. The van der Waals surface area contributed by atoms with Crippen LogP contribution < -0.4 is 0 Å². The molecule has 0 saturated heterocycles. The van der Waals surface area contributed by atoms with Crippen molar-refractivity contribution in [3.8, 4) is 0 Å². The van der Waals surface area contributed by atoms with E-state index in [-0.39, 0.29) is 25.7 Å². The van der Waals surface area contributed by atoms with E-state index in [1.54, 1.807) is 0 Å². The lowest BCUT2D eigenvalue weighted by Gasteiger charge is -2.21. The number of phosphoric ester groups is 2. The van der Waals surface area contributed by atoms with Crippen molar-refractivity contribution in [2.24, 2.45) is 23.7 Å². The van der Waals surface area contributed by atoms with Crippen LogP contribution in [0.2, 0.25) is 0 Å². The second-order valence-corrected chi connectivity index (χ2v) is 33.4. The summed E-state index contributed by atoms with van der Waals surface area (Å²) in [7, 11) is -9.92. The van der Waals surface area contributed by atoms with Crippen molar-refractivity contribution >= 4 is 39.5 Å². The van der Waals surface area contributed by atoms with Crippen molar-refractivity contribution in [1.29, 1.82) is 0 Å². The average molecular weight is 1450 g/mol. The van der Waals surface area contributed by atoms with Crippen LogP contribution in [0.5, 0.6) is 0 Å². The predicted octanol–water partition coefficient (Wildman–Crippen LogP) is 23.6. The fourth-order valence-corrected chi connectivity index (χ4v) is 13.8. The van der Waals surface area contributed by atoms with E-state index < -0.39 is 97.5 Å². The summed E-state index contributed by atoms with van der Waals surface area (Å²) < 4.78 is 68.6. The molecule has 0 aliphatic heterocycles. The lowest BCUT2D eigenvalue weighted by atomic mass is 9.99. The molecule has 17 nitrogen and oxygen atoms in total. The Kier molecular flexibility index (Phi) is 67.8. The number of phosphoric acid groups is 2. The van der Waals surface area contributed by atoms with Crippen LogP contribution in [0, 0.1) is 23.7 Å². The number of carbonyl (C=O) groups excluding carboxylic acids is 4. The van der Waals surface area contributed by atoms with Crippen molar-refractivity contribution < 1.29 is 80.2 Å². The third-order valence-corrected chi connectivity index (χ3v) is 20.8. The molecule has 0 fully saturated rings. The molecule has 0 rings (SSSR count). The molecule has 6 atom stereocenters. The van der Waals surface area contributed by atoms with Gasteiger partial charge in [0.1, 0.15) is 19.3 Å². The maximum absolute atomic E-state index is 13.1. The molecule has 0 saturated carbocycles. The largest absolute Gasteiger partial charge is 0.472 e. The Hall–Kier alpha value is -1.94. The fraction of sp³-hybridized carbons (Fsp3) is 0.950. The summed E-state index contributed by atoms with van der Waals surface area (Å²) in [5.41, 5.74) is 0. The van der Waals surface area contributed by atoms with Gasteiger partial charge in [-0.1, -0.05) is 357 Å². The van der Waals surface area contributed by atoms with Crippen molar-refractivity contribution in [1.82, 2.24) is 0 Å². The summed E-state index contributed by atoms with van der Waals surface area (Å²) >= 11 is 0. The molecule has 19 heteroatoms. The Balaban J connectivity index is 5.21. The second-order valence-electron chi connectivity index (χ2n) is 30.5. The predicted molar refractivity (Wildman–Crippen MR) is 404 cm³/mol. The van der Waals surface area contributed by atoms with E-state index in [0.717, 1.165) is 114 Å². The van der Waals surface area contributed by atoms with E-state index in [1.807, 2.05) is 0 Å². The van der Waals surface area contributed by atoms with Gasteiger partial charge in [-0.25, -0.2) is 9.13 Å². The maximum Gasteiger partial charge on any atom is 0.472 e. The molecule has 0 spiro atoms. The molecule has 0 aromatic heterocycles. The first-order chi connectivity index (χ1) is 47.6. The molecule has 0 aromatic carbocycles. The second kappa shape index (κ2) is 69.1. The van der Waals surface area contributed by atoms with Gasteiger partial charge in [-0.15, -0.1) is 0 Å². The molecule has 0 aliphatic rings. The first-order valence-electron chi connectivity index (χ1n) is 41.2. The van der Waals surface area contributed by atoms with Gasteiger partial charge in [0.2, 0.25) is 0 Å². The van der Waals surface area contributed by atoms with Gasteiger partial charge in [0.25, 0.3) is 0 Å². The molecule has 0 bridgehead atoms. The summed E-state index contributed by atoms with van der Waals surface area (Å²) in [6.45, 7) is 14.2. The molecule has 0 radical (unpaired) electrons. The third kappa shape index (κ3) is 72.8.